The molecule has 184 valence electrons. The predicted octanol–water partition coefficient (Wildman–Crippen LogP) is 2.06. The van der Waals surface area contributed by atoms with E-state index in [0.717, 1.165) is 6.08 Å². The van der Waals surface area contributed by atoms with Crippen molar-refractivity contribution in [3.05, 3.63) is 12.7 Å². The molecule has 30 heavy (non-hydrogen) atoms. The number of methoxy groups -OCH3 is 4. The van der Waals surface area contributed by atoms with Crippen LogP contribution in [0.1, 0.15) is 6.42 Å². The van der Waals surface area contributed by atoms with Gasteiger partial charge in [-0.1, -0.05) is 6.58 Å². The van der Waals surface area contributed by atoms with E-state index < -0.39 is 5.97 Å². The first kappa shape index (κ1) is 46.1. The number of thioether (sulfide) groups is 1. The third kappa shape index (κ3) is 57.5. The minimum atomic E-state index is -0.394. The van der Waals surface area contributed by atoms with Gasteiger partial charge in [0, 0.05) is 49.1 Å². The van der Waals surface area contributed by atoms with E-state index in [1.165, 1.54) is 40.2 Å². The molecule has 0 atom stereocenters. The number of esters is 4. The predicted molar refractivity (Wildman–Crippen MR) is 166 cm³/mol. The van der Waals surface area contributed by atoms with Gasteiger partial charge in [-0.2, -0.15) is 12.6 Å². The van der Waals surface area contributed by atoms with E-state index in [-0.39, 0.29) is 53.4 Å². The first-order chi connectivity index (χ1) is 13.7. The second kappa shape index (κ2) is 45.2. The van der Waals surface area contributed by atoms with Crippen molar-refractivity contribution in [2.75, 3.05) is 45.7 Å². The fourth-order valence-corrected chi connectivity index (χ4v) is 1.49. The van der Waals surface area contributed by atoms with E-state index in [0.29, 0.717) is 25.4 Å². The Bertz CT molecular complexity index is 396. The maximum absolute atomic E-state index is 10.6. The summed E-state index contributed by atoms with van der Waals surface area (Å²) in [6.07, 6.45) is 1.44. The second-order valence-corrected chi connectivity index (χ2v) is 21.1. The van der Waals surface area contributed by atoms with Gasteiger partial charge in [-0.15, -0.1) is 35.7 Å². The van der Waals surface area contributed by atoms with E-state index in [1.54, 1.807) is 0 Å². The van der Waals surface area contributed by atoms with Crippen LogP contribution in [-0.4, -0.2) is 69.6 Å². The molecule has 0 spiro atoms. The summed E-state index contributed by atoms with van der Waals surface area (Å²) in [6, 6.07) is 0. The Hall–Kier alpha value is 2.70. The molecule has 16 heteroatoms. The number of ether oxygens (including phenoxy) is 4. The summed E-state index contributed by atoms with van der Waals surface area (Å²) in [6.45, 7) is 3.16. The number of hydrogen-bond donors (Lipinski definition) is 1. The summed E-state index contributed by atoms with van der Waals surface area (Å²) in [4.78, 5) is 40.9. The third-order valence-corrected chi connectivity index (χ3v) is 3.04. The molecule has 0 bridgehead atoms. The Labute approximate surface area is 258 Å². The fraction of sp³-hybridized carbons (Fsp3) is 0.571. The molecule has 0 amide bonds. The molecular formula is C14H25I6O8S2-. The molecule has 0 heterocycles. The van der Waals surface area contributed by atoms with Crippen molar-refractivity contribution in [3.8, 4) is 0 Å². The van der Waals surface area contributed by atoms with Gasteiger partial charge in [0.25, 0.3) is 0 Å². The van der Waals surface area contributed by atoms with Crippen molar-refractivity contribution >= 4 is 147 Å². The molecule has 0 saturated carbocycles. The van der Waals surface area contributed by atoms with Crippen molar-refractivity contribution in [2.24, 2.45) is 0 Å². The molecule has 0 aromatic carbocycles. The van der Waals surface area contributed by atoms with Crippen LogP contribution in [0.2, 0.25) is 0 Å². The summed E-state index contributed by atoms with van der Waals surface area (Å²) in [5.41, 5.74) is 0. The average molecular weight is 1150 g/mol. The van der Waals surface area contributed by atoms with Gasteiger partial charge in [0.05, 0.1) is 46.4 Å². The Kier molecular flexibility index (Phi) is 69.5. The van der Waals surface area contributed by atoms with Gasteiger partial charge < -0.3 is 18.9 Å². The monoisotopic (exact) mass is 1150 g/mol. The SMILES string of the molecule is C=CC(=O)OC.COC(=O)CCSCC(=O)OC.COC(=O)CS.I.II.I[I-]I. The summed E-state index contributed by atoms with van der Waals surface area (Å²) in [7, 11) is 5.32. The molecule has 0 aliphatic carbocycles. The first-order valence-corrected chi connectivity index (χ1v) is 27.5. The third-order valence-electron chi connectivity index (χ3n) is 1.85. The Balaban J connectivity index is -0.0000000683. The average Bonchev–Trinajstić information content (AvgIpc) is 2.77. The van der Waals surface area contributed by atoms with Crippen LogP contribution in [0.5, 0.6) is 0 Å². The van der Waals surface area contributed by atoms with E-state index in [9.17, 15) is 19.2 Å². The molecule has 0 aromatic heterocycles. The van der Waals surface area contributed by atoms with Crippen molar-refractivity contribution in [1.82, 2.24) is 0 Å². The van der Waals surface area contributed by atoms with Gasteiger partial charge >= 0.3 is 74.4 Å². The zero-order valence-corrected chi connectivity index (χ0v) is 31.4. The van der Waals surface area contributed by atoms with Gasteiger partial charge in [0.1, 0.15) is 0 Å². The summed E-state index contributed by atoms with van der Waals surface area (Å²) >= 11 is 14.5. The molecule has 0 aromatic rings. The summed E-state index contributed by atoms with van der Waals surface area (Å²) in [5.74, 6) is -0.184. The number of halogens is 6. The molecule has 0 saturated heterocycles. The van der Waals surface area contributed by atoms with Gasteiger partial charge in [-0.05, 0) is 0 Å². The molecule has 0 unspecified atom stereocenters. The number of carbonyl (C=O) groups excluding carboxylic acids is 4. The van der Waals surface area contributed by atoms with Crippen molar-refractivity contribution in [3.63, 3.8) is 0 Å². The normalized spacial score (nSPS) is 7.50. The fourth-order valence-electron chi connectivity index (χ4n) is 0.620. The summed E-state index contributed by atoms with van der Waals surface area (Å²) in [5, 5.41) is 0. The van der Waals surface area contributed by atoms with Crippen LogP contribution in [0.25, 0.3) is 0 Å². The molecule has 8 nitrogen and oxygen atoms in total. The van der Waals surface area contributed by atoms with Crippen molar-refractivity contribution in [2.45, 2.75) is 6.42 Å². The van der Waals surface area contributed by atoms with Crippen LogP contribution >= 0.6 is 123 Å². The number of rotatable bonds is 7. The van der Waals surface area contributed by atoms with Crippen LogP contribution < -0.4 is 13.3 Å². The van der Waals surface area contributed by atoms with Crippen LogP contribution in [0.4, 0.5) is 0 Å². The zero-order chi connectivity index (χ0) is 24.1. The number of thiol groups is 1. The molecule has 0 aliphatic heterocycles. The van der Waals surface area contributed by atoms with E-state index in [4.69, 9.17) is 0 Å². The molecule has 0 fully saturated rings. The van der Waals surface area contributed by atoms with Crippen LogP contribution in [0.3, 0.4) is 0 Å². The molecule has 0 rings (SSSR count). The minimum absolute atomic E-state index is 0. The van der Waals surface area contributed by atoms with Crippen molar-refractivity contribution in [1.29, 1.82) is 0 Å². The van der Waals surface area contributed by atoms with Gasteiger partial charge in [0.15, 0.2) is 0 Å². The van der Waals surface area contributed by atoms with E-state index in [1.807, 2.05) is 0 Å². The maximum atomic E-state index is 10.6. The quantitative estimate of drug-likeness (QED) is 0.103. The Morgan fingerprint density at radius 3 is 1.53 bits per heavy atom. The van der Waals surface area contributed by atoms with E-state index >= 15 is 0 Å². The van der Waals surface area contributed by atoms with Crippen LogP contribution in [-0.2, 0) is 38.1 Å². The molecule has 0 radical (unpaired) electrons. The Morgan fingerprint density at radius 2 is 1.33 bits per heavy atom. The number of hydrogen-bond acceptors (Lipinski definition) is 10. The van der Waals surface area contributed by atoms with Gasteiger partial charge in [-0.25, -0.2) is 4.79 Å². The topological polar surface area (TPSA) is 105 Å². The Morgan fingerprint density at radius 1 is 0.933 bits per heavy atom. The second-order valence-electron chi connectivity index (χ2n) is 3.47. The molecule has 0 aliphatic rings. The molecular weight excluding hydrogens is 1120 g/mol. The number of carbonyl (C=O) groups is 4. The van der Waals surface area contributed by atoms with Crippen LogP contribution in [0.15, 0.2) is 12.7 Å². The zero-order valence-electron chi connectivity index (χ0n) is 16.5. The van der Waals surface area contributed by atoms with E-state index in [2.05, 4.69) is 113 Å². The first-order valence-electron chi connectivity index (χ1n) is 6.85. The van der Waals surface area contributed by atoms with Gasteiger partial charge in [0.2, 0.25) is 0 Å². The van der Waals surface area contributed by atoms with Gasteiger partial charge in [-0.3, -0.25) is 14.4 Å². The van der Waals surface area contributed by atoms with Crippen molar-refractivity contribution < 1.29 is 51.4 Å². The summed E-state index contributed by atoms with van der Waals surface area (Å²) < 4.78 is 17.1. The molecule has 0 N–H and O–H groups in total. The standard InChI is InChI=1S/C7H12O4S.C4H6O2.C3H6O2S.I3.I2.HI/c1-10-6(8)3-4-12-5-7(9)11-2;1-3-4(5)6-2;1-5-3(4)2-6;1-3-2;1-2;/h3-5H2,1-2H3;3H,1H2,2H3;6H,2H2,1H3;;;1H/q;;;-1;;. The van der Waals surface area contributed by atoms with Crippen LogP contribution in [0, 0.1) is 0 Å².